The number of amides is 1. The van der Waals surface area contributed by atoms with Gasteiger partial charge in [-0.15, -0.1) is 0 Å². The molecule has 0 bridgehead atoms. The molecule has 7 nitrogen and oxygen atoms in total. The number of rotatable bonds is 5. The Hall–Kier alpha value is -2.80. The van der Waals surface area contributed by atoms with Gasteiger partial charge in [0.15, 0.2) is 6.61 Å². The van der Waals surface area contributed by atoms with Gasteiger partial charge in [0, 0.05) is 6.20 Å². The molecule has 1 heterocycles. The summed E-state index contributed by atoms with van der Waals surface area (Å²) in [6, 6.07) is 7.18. The smallest absolute Gasteiger partial charge is 0.342 e. The summed E-state index contributed by atoms with van der Waals surface area (Å²) in [5, 5.41) is 12.5. The summed E-state index contributed by atoms with van der Waals surface area (Å²) >= 11 is 5.68. The number of phenolic OH excluding ortho intramolecular Hbond substituents is 1. The molecule has 0 atom stereocenters. The number of hydrogen-bond donors (Lipinski definition) is 2. The highest BCUT2D eigenvalue weighted by molar-refractivity contribution is 6.30. The number of pyridine rings is 1. The fraction of sp³-hybridized carbons (Fsp3) is 0.133. The Labute approximate surface area is 136 Å². The van der Waals surface area contributed by atoms with Gasteiger partial charge in [-0.1, -0.05) is 11.6 Å². The van der Waals surface area contributed by atoms with Crippen LogP contribution < -0.4 is 10.1 Å². The third kappa shape index (κ3) is 4.58. The SMILES string of the molecule is COc1ccc(O)c(C(=O)OCC(=O)Nc2ccc(Cl)cn2)c1. The number of benzene rings is 1. The highest BCUT2D eigenvalue weighted by Crippen LogP contribution is 2.23. The van der Waals surface area contributed by atoms with E-state index < -0.39 is 18.5 Å². The number of esters is 1. The lowest BCUT2D eigenvalue weighted by molar-refractivity contribution is -0.119. The maximum atomic E-state index is 11.9. The third-order valence-corrected chi connectivity index (χ3v) is 2.98. The molecule has 0 saturated heterocycles. The molecular formula is C15H13ClN2O5. The Morgan fingerprint density at radius 1 is 1.30 bits per heavy atom. The Kier molecular flexibility index (Phi) is 5.37. The van der Waals surface area contributed by atoms with Crippen LogP contribution >= 0.6 is 11.6 Å². The molecule has 1 aromatic heterocycles. The van der Waals surface area contributed by atoms with Crippen molar-refractivity contribution in [1.82, 2.24) is 4.98 Å². The first-order valence-corrected chi connectivity index (χ1v) is 6.83. The Morgan fingerprint density at radius 2 is 2.09 bits per heavy atom. The molecule has 2 aromatic rings. The largest absolute Gasteiger partial charge is 0.507 e. The zero-order chi connectivity index (χ0) is 16.8. The number of carbonyl (C=O) groups excluding carboxylic acids is 2. The number of aromatic nitrogens is 1. The van der Waals surface area contributed by atoms with Crippen LogP contribution in [0.1, 0.15) is 10.4 Å². The summed E-state index contributed by atoms with van der Waals surface area (Å²) in [4.78, 5) is 27.5. The highest BCUT2D eigenvalue weighted by atomic mass is 35.5. The van der Waals surface area contributed by atoms with Gasteiger partial charge in [0.2, 0.25) is 0 Å². The second-order valence-corrected chi connectivity index (χ2v) is 4.81. The van der Waals surface area contributed by atoms with Crippen LogP contribution in [0.4, 0.5) is 5.82 Å². The van der Waals surface area contributed by atoms with Crippen LogP contribution in [-0.4, -0.2) is 35.7 Å². The van der Waals surface area contributed by atoms with Crippen molar-refractivity contribution in [2.75, 3.05) is 19.0 Å². The van der Waals surface area contributed by atoms with E-state index in [1.807, 2.05) is 0 Å². The molecule has 0 aliphatic rings. The first-order chi connectivity index (χ1) is 11.0. The van der Waals surface area contributed by atoms with Crippen molar-refractivity contribution in [2.24, 2.45) is 0 Å². The van der Waals surface area contributed by atoms with Gasteiger partial charge in [-0.3, -0.25) is 4.79 Å². The molecule has 1 amide bonds. The van der Waals surface area contributed by atoms with Crippen molar-refractivity contribution >= 4 is 29.3 Å². The van der Waals surface area contributed by atoms with Gasteiger partial charge in [-0.05, 0) is 30.3 Å². The van der Waals surface area contributed by atoms with E-state index in [-0.39, 0.29) is 17.1 Å². The molecule has 0 fully saturated rings. The molecule has 8 heteroatoms. The predicted molar refractivity (Wildman–Crippen MR) is 82.8 cm³/mol. The average Bonchev–Trinajstić information content (AvgIpc) is 2.55. The van der Waals surface area contributed by atoms with E-state index in [0.29, 0.717) is 10.8 Å². The zero-order valence-electron chi connectivity index (χ0n) is 12.1. The topological polar surface area (TPSA) is 97.8 Å². The number of aromatic hydroxyl groups is 1. The van der Waals surface area contributed by atoms with Gasteiger partial charge in [0.25, 0.3) is 5.91 Å². The maximum absolute atomic E-state index is 11.9. The number of anilines is 1. The zero-order valence-corrected chi connectivity index (χ0v) is 12.8. The fourth-order valence-electron chi connectivity index (χ4n) is 1.64. The number of carbonyl (C=O) groups is 2. The molecule has 2 N–H and O–H groups in total. The number of hydrogen-bond acceptors (Lipinski definition) is 6. The molecule has 0 radical (unpaired) electrons. The minimum absolute atomic E-state index is 0.0956. The van der Waals surface area contributed by atoms with E-state index in [4.69, 9.17) is 21.1 Å². The second-order valence-electron chi connectivity index (χ2n) is 4.37. The normalized spacial score (nSPS) is 10.0. The second kappa shape index (κ2) is 7.46. The van der Waals surface area contributed by atoms with Gasteiger partial charge in [0.05, 0.1) is 12.1 Å². The lowest BCUT2D eigenvalue weighted by Gasteiger charge is -2.08. The molecule has 23 heavy (non-hydrogen) atoms. The van der Waals surface area contributed by atoms with Gasteiger partial charge < -0.3 is 19.9 Å². The molecule has 0 aliphatic carbocycles. The van der Waals surface area contributed by atoms with Crippen LogP contribution in [0.15, 0.2) is 36.5 Å². The van der Waals surface area contributed by atoms with Gasteiger partial charge >= 0.3 is 5.97 Å². The number of halogens is 1. The van der Waals surface area contributed by atoms with E-state index in [1.165, 1.54) is 37.6 Å². The monoisotopic (exact) mass is 336 g/mol. The van der Waals surface area contributed by atoms with E-state index in [0.717, 1.165) is 0 Å². The van der Waals surface area contributed by atoms with Gasteiger partial charge in [-0.25, -0.2) is 9.78 Å². The lowest BCUT2D eigenvalue weighted by Crippen LogP contribution is -2.21. The molecule has 1 aromatic carbocycles. The molecule has 0 saturated carbocycles. The molecular weight excluding hydrogens is 324 g/mol. The summed E-state index contributed by atoms with van der Waals surface area (Å²) in [7, 11) is 1.42. The van der Waals surface area contributed by atoms with Gasteiger partial charge in [0.1, 0.15) is 22.9 Å². The van der Waals surface area contributed by atoms with E-state index >= 15 is 0 Å². The van der Waals surface area contributed by atoms with E-state index in [1.54, 1.807) is 6.07 Å². The van der Waals surface area contributed by atoms with Crippen molar-refractivity contribution in [1.29, 1.82) is 0 Å². The van der Waals surface area contributed by atoms with Crippen molar-refractivity contribution < 1.29 is 24.2 Å². The summed E-state index contributed by atoms with van der Waals surface area (Å²) in [6.45, 7) is -0.528. The number of nitrogens with one attached hydrogen (secondary N) is 1. The maximum Gasteiger partial charge on any atom is 0.342 e. The lowest BCUT2D eigenvalue weighted by atomic mass is 10.2. The molecule has 0 unspecified atom stereocenters. The summed E-state index contributed by atoms with van der Waals surface area (Å²) in [5.41, 5.74) is -0.0956. The Balaban J connectivity index is 1.93. The van der Waals surface area contributed by atoms with Crippen LogP contribution in [0.2, 0.25) is 5.02 Å². The third-order valence-electron chi connectivity index (χ3n) is 2.75. The minimum atomic E-state index is -0.847. The minimum Gasteiger partial charge on any atom is -0.507 e. The quantitative estimate of drug-likeness (QED) is 0.813. The summed E-state index contributed by atoms with van der Waals surface area (Å²) < 4.78 is 9.80. The number of methoxy groups -OCH3 is 1. The standard InChI is InChI=1S/C15H13ClN2O5/c1-22-10-3-4-12(19)11(6-10)15(21)23-8-14(20)18-13-5-2-9(16)7-17-13/h2-7,19H,8H2,1H3,(H,17,18,20). The molecule has 0 spiro atoms. The van der Waals surface area contributed by atoms with Crippen LogP contribution in [0.25, 0.3) is 0 Å². The summed E-state index contributed by atoms with van der Waals surface area (Å²) in [6.07, 6.45) is 1.37. The van der Waals surface area contributed by atoms with E-state index in [2.05, 4.69) is 10.3 Å². The Bertz CT molecular complexity index is 718. The number of phenols is 1. The molecule has 0 aliphatic heterocycles. The van der Waals surface area contributed by atoms with Crippen LogP contribution in [-0.2, 0) is 9.53 Å². The number of nitrogens with zero attached hydrogens (tertiary/aromatic N) is 1. The van der Waals surface area contributed by atoms with Gasteiger partial charge in [-0.2, -0.15) is 0 Å². The van der Waals surface area contributed by atoms with Crippen LogP contribution in [0.3, 0.4) is 0 Å². The Morgan fingerprint density at radius 3 is 2.74 bits per heavy atom. The van der Waals surface area contributed by atoms with Crippen molar-refractivity contribution in [2.45, 2.75) is 0 Å². The van der Waals surface area contributed by atoms with Crippen molar-refractivity contribution in [3.8, 4) is 11.5 Å². The van der Waals surface area contributed by atoms with Crippen LogP contribution in [0, 0.1) is 0 Å². The first kappa shape index (κ1) is 16.6. The van der Waals surface area contributed by atoms with Crippen LogP contribution in [0.5, 0.6) is 11.5 Å². The highest BCUT2D eigenvalue weighted by Gasteiger charge is 2.15. The van der Waals surface area contributed by atoms with Crippen molar-refractivity contribution in [3.05, 3.63) is 47.1 Å². The first-order valence-electron chi connectivity index (χ1n) is 6.45. The molecule has 120 valence electrons. The fourth-order valence-corrected chi connectivity index (χ4v) is 1.75. The average molecular weight is 337 g/mol. The predicted octanol–water partition coefficient (Wildman–Crippen LogP) is 2.24. The number of ether oxygens (including phenoxy) is 2. The van der Waals surface area contributed by atoms with Crippen molar-refractivity contribution in [3.63, 3.8) is 0 Å². The van der Waals surface area contributed by atoms with E-state index in [9.17, 15) is 14.7 Å². The summed E-state index contributed by atoms with van der Waals surface area (Å²) in [5.74, 6) is -1.03. The molecule has 2 rings (SSSR count).